The number of thiophene rings is 1. The van der Waals surface area contributed by atoms with Crippen molar-refractivity contribution in [1.82, 2.24) is 5.32 Å². The minimum Gasteiger partial charge on any atom is -0.312 e. The fourth-order valence-corrected chi connectivity index (χ4v) is 2.16. The van der Waals surface area contributed by atoms with Gasteiger partial charge in [0.2, 0.25) is 0 Å². The first-order valence-electron chi connectivity index (χ1n) is 4.64. The molecule has 1 aromatic heterocycles. The van der Waals surface area contributed by atoms with Crippen molar-refractivity contribution >= 4 is 11.3 Å². The van der Waals surface area contributed by atoms with Crippen LogP contribution in [0, 0.1) is 0 Å². The smallest absolute Gasteiger partial charge is 0.0302 e. The quantitative estimate of drug-likeness (QED) is 0.692. The molecule has 0 saturated carbocycles. The predicted molar refractivity (Wildman–Crippen MR) is 55.7 cm³/mol. The molecule has 0 spiro atoms. The second kappa shape index (κ2) is 5.33. The summed E-state index contributed by atoms with van der Waals surface area (Å²) >= 11 is 1.86. The Balaban J connectivity index is 2.39. The topological polar surface area (TPSA) is 12.0 Å². The average Bonchev–Trinajstić information content (AvgIpc) is 2.52. The van der Waals surface area contributed by atoms with Crippen LogP contribution in [-0.2, 0) is 13.0 Å². The van der Waals surface area contributed by atoms with Gasteiger partial charge in [-0.05, 0) is 36.4 Å². The summed E-state index contributed by atoms with van der Waals surface area (Å²) in [5.41, 5.74) is 1.50. The lowest BCUT2D eigenvalue weighted by Gasteiger charge is -2.02. The van der Waals surface area contributed by atoms with Gasteiger partial charge in [0.1, 0.15) is 0 Å². The third-order valence-corrected chi connectivity index (χ3v) is 2.89. The van der Waals surface area contributed by atoms with Crippen molar-refractivity contribution in [2.45, 2.75) is 33.2 Å². The van der Waals surface area contributed by atoms with Crippen molar-refractivity contribution in [1.29, 1.82) is 0 Å². The lowest BCUT2D eigenvalue weighted by atomic mass is 10.2. The lowest BCUT2D eigenvalue weighted by molar-refractivity contribution is 0.678. The van der Waals surface area contributed by atoms with Crippen LogP contribution >= 0.6 is 11.3 Å². The molecular formula is C10H17NS. The molecular weight excluding hydrogens is 166 g/mol. The molecule has 1 heterocycles. The molecule has 0 aliphatic carbocycles. The summed E-state index contributed by atoms with van der Waals surface area (Å²) in [6.07, 6.45) is 2.37. The van der Waals surface area contributed by atoms with E-state index in [9.17, 15) is 0 Å². The first-order chi connectivity index (χ1) is 5.88. The van der Waals surface area contributed by atoms with Gasteiger partial charge in [-0.15, -0.1) is 11.3 Å². The first-order valence-corrected chi connectivity index (χ1v) is 5.52. The van der Waals surface area contributed by atoms with E-state index in [0.717, 1.165) is 19.5 Å². The average molecular weight is 183 g/mol. The Morgan fingerprint density at radius 3 is 2.92 bits per heavy atom. The minimum atomic E-state index is 1.05. The molecule has 12 heavy (non-hydrogen) atoms. The molecule has 0 atom stereocenters. The highest BCUT2D eigenvalue weighted by atomic mass is 32.1. The molecule has 0 amide bonds. The van der Waals surface area contributed by atoms with Crippen LogP contribution in [-0.4, -0.2) is 6.54 Å². The van der Waals surface area contributed by atoms with Gasteiger partial charge in [-0.2, -0.15) is 0 Å². The van der Waals surface area contributed by atoms with Crippen molar-refractivity contribution in [2.24, 2.45) is 0 Å². The molecule has 1 rings (SSSR count). The Labute approximate surface area is 78.8 Å². The molecule has 1 nitrogen and oxygen atoms in total. The molecule has 0 saturated heterocycles. The zero-order valence-corrected chi connectivity index (χ0v) is 8.71. The maximum Gasteiger partial charge on any atom is 0.0302 e. The van der Waals surface area contributed by atoms with Crippen molar-refractivity contribution in [3.05, 3.63) is 21.9 Å². The molecule has 0 radical (unpaired) electrons. The summed E-state index contributed by atoms with van der Waals surface area (Å²) in [5.74, 6) is 0. The highest BCUT2D eigenvalue weighted by molar-refractivity contribution is 7.10. The molecule has 0 aliphatic heterocycles. The Kier molecular flexibility index (Phi) is 4.33. The molecule has 0 unspecified atom stereocenters. The molecule has 0 fully saturated rings. The van der Waals surface area contributed by atoms with E-state index in [2.05, 4.69) is 30.6 Å². The molecule has 68 valence electrons. The summed E-state index contributed by atoms with van der Waals surface area (Å²) in [6, 6.07) is 2.23. The van der Waals surface area contributed by atoms with Crippen LogP contribution in [0.3, 0.4) is 0 Å². The van der Waals surface area contributed by atoms with Crippen LogP contribution < -0.4 is 5.32 Å². The Morgan fingerprint density at radius 2 is 2.25 bits per heavy atom. The van der Waals surface area contributed by atoms with Gasteiger partial charge in [0.05, 0.1) is 0 Å². The predicted octanol–water partition coefficient (Wildman–Crippen LogP) is 2.81. The fraction of sp³-hybridized carbons (Fsp3) is 0.600. The Bertz CT molecular complexity index is 217. The van der Waals surface area contributed by atoms with Crippen LogP contribution in [0.1, 0.15) is 30.7 Å². The van der Waals surface area contributed by atoms with Crippen LogP contribution in [0.15, 0.2) is 11.4 Å². The highest BCUT2D eigenvalue weighted by Crippen LogP contribution is 2.16. The third-order valence-electron chi connectivity index (χ3n) is 1.93. The van der Waals surface area contributed by atoms with Gasteiger partial charge in [-0.1, -0.05) is 13.8 Å². The van der Waals surface area contributed by atoms with E-state index >= 15 is 0 Å². The van der Waals surface area contributed by atoms with Gasteiger partial charge < -0.3 is 5.32 Å². The van der Waals surface area contributed by atoms with Gasteiger partial charge in [0, 0.05) is 11.4 Å². The van der Waals surface area contributed by atoms with E-state index in [1.807, 2.05) is 11.3 Å². The molecule has 0 bridgehead atoms. The van der Waals surface area contributed by atoms with Crippen molar-refractivity contribution in [3.8, 4) is 0 Å². The van der Waals surface area contributed by atoms with Gasteiger partial charge in [-0.3, -0.25) is 0 Å². The summed E-state index contributed by atoms with van der Waals surface area (Å²) in [5, 5.41) is 5.60. The second-order valence-electron chi connectivity index (χ2n) is 2.90. The zero-order chi connectivity index (χ0) is 8.81. The van der Waals surface area contributed by atoms with Crippen LogP contribution in [0.4, 0.5) is 0 Å². The van der Waals surface area contributed by atoms with Crippen molar-refractivity contribution in [3.63, 3.8) is 0 Å². The number of rotatable bonds is 5. The van der Waals surface area contributed by atoms with Gasteiger partial charge in [0.25, 0.3) is 0 Å². The summed E-state index contributed by atoms with van der Waals surface area (Å²) in [6.45, 7) is 6.59. The van der Waals surface area contributed by atoms with Gasteiger partial charge in [-0.25, -0.2) is 0 Å². The summed E-state index contributed by atoms with van der Waals surface area (Å²) in [4.78, 5) is 1.51. The van der Waals surface area contributed by atoms with E-state index in [4.69, 9.17) is 0 Å². The first kappa shape index (κ1) is 9.75. The Morgan fingerprint density at radius 1 is 1.42 bits per heavy atom. The molecule has 0 aliphatic rings. The van der Waals surface area contributed by atoms with Crippen LogP contribution in [0.25, 0.3) is 0 Å². The highest BCUT2D eigenvalue weighted by Gasteiger charge is 2.00. The molecule has 0 aromatic carbocycles. The zero-order valence-electron chi connectivity index (χ0n) is 7.89. The number of nitrogens with one attached hydrogen (secondary N) is 1. The molecule has 2 heteroatoms. The number of hydrogen-bond acceptors (Lipinski definition) is 2. The van der Waals surface area contributed by atoms with E-state index in [1.165, 1.54) is 16.9 Å². The largest absolute Gasteiger partial charge is 0.312 e. The van der Waals surface area contributed by atoms with Crippen molar-refractivity contribution in [2.75, 3.05) is 6.54 Å². The van der Waals surface area contributed by atoms with Gasteiger partial charge >= 0.3 is 0 Å². The lowest BCUT2D eigenvalue weighted by Crippen LogP contribution is -2.13. The van der Waals surface area contributed by atoms with Crippen LogP contribution in [0.5, 0.6) is 0 Å². The monoisotopic (exact) mass is 183 g/mol. The SMILES string of the molecule is CCCNCc1sccc1CC. The van der Waals surface area contributed by atoms with E-state index in [0.29, 0.717) is 0 Å². The van der Waals surface area contributed by atoms with Crippen LogP contribution in [0.2, 0.25) is 0 Å². The Hall–Kier alpha value is -0.340. The second-order valence-corrected chi connectivity index (χ2v) is 3.90. The molecule has 1 aromatic rings. The maximum atomic E-state index is 3.42. The number of aryl methyl sites for hydroxylation is 1. The fourth-order valence-electron chi connectivity index (χ4n) is 1.22. The van der Waals surface area contributed by atoms with E-state index in [-0.39, 0.29) is 0 Å². The normalized spacial score (nSPS) is 10.5. The standard InChI is InChI=1S/C10H17NS/c1-3-6-11-8-10-9(4-2)5-7-12-10/h5,7,11H,3-4,6,8H2,1-2H3. The maximum absolute atomic E-state index is 3.42. The van der Waals surface area contributed by atoms with Gasteiger partial charge in [0.15, 0.2) is 0 Å². The minimum absolute atomic E-state index is 1.05. The third kappa shape index (κ3) is 2.61. The number of hydrogen-bond donors (Lipinski definition) is 1. The van der Waals surface area contributed by atoms with E-state index < -0.39 is 0 Å². The van der Waals surface area contributed by atoms with Crippen molar-refractivity contribution < 1.29 is 0 Å². The van der Waals surface area contributed by atoms with E-state index in [1.54, 1.807) is 0 Å². The summed E-state index contributed by atoms with van der Waals surface area (Å²) in [7, 11) is 0. The molecule has 1 N–H and O–H groups in total. The summed E-state index contributed by atoms with van der Waals surface area (Å²) < 4.78 is 0.